The summed E-state index contributed by atoms with van der Waals surface area (Å²) in [6.07, 6.45) is 1.82. The average molecular weight is 360 g/mol. The largest absolute Gasteiger partial charge is 0.496 e. The lowest BCUT2D eigenvalue weighted by Crippen LogP contribution is -2.19. The summed E-state index contributed by atoms with van der Waals surface area (Å²) in [6, 6.07) is 21.6. The summed E-state index contributed by atoms with van der Waals surface area (Å²) < 4.78 is 5.35. The van der Waals surface area contributed by atoms with E-state index in [1.165, 1.54) is 11.8 Å². The highest BCUT2D eigenvalue weighted by atomic mass is 32.2. The molecule has 0 bridgehead atoms. The lowest BCUT2D eigenvalue weighted by molar-refractivity contribution is -0.115. The summed E-state index contributed by atoms with van der Waals surface area (Å²) in [5.74, 6) is 0.577. The third kappa shape index (κ3) is 3.21. The molecule has 1 fully saturated rings. The number of carbonyl (C=O) groups excluding carboxylic acids is 1. The van der Waals surface area contributed by atoms with Crippen LogP contribution in [0.1, 0.15) is 5.56 Å². The Hall–Kier alpha value is -3.05. The van der Waals surface area contributed by atoms with E-state index in [-0.39, 0.29) is 5.91 Å². The van der Waals surface area contributed by atoms with Crippen LogP contribution in [0.4, 0.5) is 5.69 Å². The van der Waals surface area contributed by atoms with Gasteiger partial charge in [0.2, 0.25) is 0 Å². The maximum absolute atomic E-state index is 12.3. The van der Waals surface area contributed by atoms with Crippen molar-refractivity contribution in [1.29, 1.82) is 0 Å². The van der Waals surface area contributed by atoms with Crippen molar-refractivity contribution in [2.45, 2.75) is 0 Å². The first-order valence-corrected chi connectivity index (χ1v) is 8.96. The van der Waals surface area contributed by atoms with Gasteiger partial charge in [-0.05, 0) is 35.4 Å². The first-order valence-electron chi connectivity index (χ1n) is 8.15. The molecule has 1 heterocycles. The van der Waals surface area contributed by atoms with Crippen molar-refractivity contribution in [3.63, 3.8) is 0 Å². The summed E-state index contributed by atoms with van der Waals surface area (Å²) in [5, 5.41) is 5.59. The summed E-state index contributed by atoms with van der Waals surface area (Å²) in [5.41, 5.74) is 1.70. The number of amides is 1. The van der Waals surface area contributed by atoms with Gasteiger partial charge in [-0.1, -0.05) is 54.6 Å². The first-order chi connectivity index (χ1) is 12.7. The Morgan fingerprint density at radius 1 is 1.00 bits per heavy atom. The summed E-state index contributed by atoms with van der Waals surface area (Å²) in [4.78, 5) is 17.6. The van der Waals surface area contributed by atoms with Gasteiger partial charge < -0.3 is 10.1 Å². The molecule has 0 unspecified atom stereocenters. The molecular weight excluding hydrogens is 344 g/mol. The van der Waals surface area contributed by atoms with Crippen molar-refractivity contribution in [3.05, 3.63) is 77.2 Å². The number of carbonyl (C=O) groups is 1. The van der Waals surface area contributed by atoms with Crippen LogP contribution < -0.4 is 10.1 Å². The number of ether oxygens (including phenoxy) is 1. The van der Waals surface area contributed by atoms with E-state index in [1.807, 2.05) is 72.8 Å². The molecular formula is C21H16N2O2S. The zero-order valence-corrected chi connectivity index (χ0v) is 14.9. The Kier molecular flexibility index (Phi) is 4.46. The lowest BCUT2D eigenvalue weighted by atomic mass is 10.1. The number of para-hydroxylation sites is 1. The van der Waals surface area contributed by atoms with Gasteiger partial charge in [-0.3, -0.25) is 4.79 Å². The van der Waals surface area contributed by atoms with E-state index in [0.717, 1.165) is 27.8 Å². The molecule has 4 nitrogen and oxygen atoms in total. The van der Waals surface area contributed by atoms with Crippen molar-refractivity contribution in [2.24, 2.45) is 4.99 Å². The number of hydrogen-bond acceptors (Lipinski definition) is 4. The maximum atomic E-state index is 12.3. The van der Waals surface area contributed by atoms with E-state index in [4.69, 9.17) is 4.74 Å². The molecule has 0 radical (unpaired) electrons. The average Bonchev–Trinajstić information content (AvgIpc) is 3.01. The van der Waals surface area contributed by atoms with Crippen LogP contribution >= 0.6 is 11.8 Å². The molecule has 3 aromatic carbocycles. The summed E-state index contributed by atoms with van der Waals surface area (Å²) >= 11 is 1.33. The molecule has 1 saturated heterocycles. The number of methoxy groups -OCH3 is 1. The molecule has 0 aliphatic carbocycles. The van der Waals surface area contributed by atoms with Crippen LogP contribution in [0.15, 0.2) is 76.6 Å². The van der Waals surface area contributed by atoms with Crippen LogP contribution in [0.3, 0.4) is 0 Å². The van der Waals surface area contributed by atoms with Crippen LogP contribution in [0, 0.1) is 0 Å². The van der Waals surface area contributed by atoms with Gasteiger partial charge in [0.05, 0.1) is 17.7 Å². The van der Waals surface area contributed by atoms with Gasteiger partial charge in [-0.25, -0.2) is 4.99 Å². The topological polar surface area (TPSA) is 50.7 Å². The Morgan fingerprint density at radius 2 is 1.77 bits per heavy atom. The number of rotatable bonds is 3. The quantitative estimate of drug-likeness (QED) is 0.687. The zero-order chi connectivity index (χ0) is 17.9. The van der Waals surface area contributed by atoms with Crippen molar-refractivity contribution in [2.75, 3.05) is 7.11 Å². The van der Waals surface area contributed by atoms with Crippen LogP contribution in [-0.2, 0) is 4.79 Å². The van der Waals surface area contributed by atoms with Crippen molar-refractivity contribution in [1.82, 2.24) is 5.32 Å². The van der Waals surface area contributed by atoms with Gasteiger partial charge in [-0.15, -0.1) is 0 Å². The number of fused-ring (bicyclic) bond motifs is 1. The van der Waals surface area contributed by atoms with Crippen LogP contribution in [0.25, 0.3) is 16.8 Å². The minimum absolute atomic E-state index is 0.153. The molecule has 1 aliphatic heterocycles. The van der Waals surface area contributed by atoms with Crippen LogP contribution in [0.5, 0.6) is 5.75 Å². The summed E-state index contributed by atoms with van der Waals surface area (Å²) in [6.45, 7) is 0. The lowest BCUT2D eigenvalue weighted by Gasteiger charge is -2.03. The highest BCUT2D eigenvalue weighted by molar-refractivity contribution is 8.18. The van der Waals surface area contributed by atoms with E-state index >= 15 is 0 Å². The molecule has 1 amide bonds. The van der Waals surface area contributed by atoms with Crippen LogP contribution in [-0.4, -0.2) is 18.2 Å². The van der Waals surface area contributed by atoms with Gasteiger partial charge in [0.1, 0.15) is 5.75 Å². The normalized spacial score (nSPS) is 17.0. The number of hydrogen-bond donors (Lipinski definition) is 1. The molecule has 0 saturated carbocycles. The summed E-state index contributed by atoms with van der Waals surface area (Å²) in [7, 11) is 1.62. The molecule has 0 spiro atoms. The third-order valence-corrected chi connectivity index (χ3v) is 4.97. The molecule has 1 aliphatic rings. The third-order valence-electron chi connectivity index (χ3n) is 4.07. The minimum atomic E-state index is -0.153. The molecule has 1 N–H and O–H groups in total. The molecule has 4 rings (SSSR count). The van der Waals surface area contributed by atoms with Gasteiger partial charge >= 0.3 is 0 Å². The smallest absolute Gasteiger partial charge is 0.264 e. The molecule has 26 heavy (non-hydrogen) atoms. The first kappa shape index (κ1) is 16.4. The fourth-order valence-corrected chi connectivity index (χ4v) is 3.65. The Morgan fingerprint density at radius 3 is 2.65 bits per heavy atom. The van der Waals surface area contributed by atoms with E-state index in [9.17, 15) is 4.79 Å². The fraction of sp³-hybridized carbons (Fsp3) is 0.0476. The van der Waals surface area contributed by atoms with Crippen LogP contribution in [0.2, 0.25) is 0 Å². The van der Waals surface area contributed by atoms with Gasteiger partial charge in [0.15, 0.2) is 5.17 Å². The minimum Gasteiger partial charge on any atom is -0.496 e. The number of benzene rings is 3. The number of nitrogens with one attached hydrogen (secondary N) is 1. The molecule has 5 heteroatoms. The monoisotopic (exact) mass is 360 g/mol. The fourth-order valence-electron chi connectivity index (χ4n) is 2.82. The van der Waals surface area contributed by atoms with E-state index in [2.05, 4.69) is 10.3 Å². The number of thioether (sulfide) groups is 1. The van der Waals surface area contributed by atoms with E-state index in [0.29, 0.717) is 10.1 Å². The van der Waals surface area contributed by atoms with Crippen molar-refractivity contribution >= 4 is 45.4 Å². The second-order valence-electron chi connectivity index (χ2n) is 5.72. The van der Waals surface area contributed by atoms with E-state index in [1.54, 1.807) is 7.11 Å². The molecule has 3 aromatic rings. The second kappa shape index (κ2) is 7.06. The zero-order valence-electron chi connectivity index (χ0n) is 14.1. The molecule has 0 aromatic heterocycles. The SMILES string of the molecule is COc1ccccc1/C=C1\SC(=Nc2cccc3ccccc23)NC1=O. The number of nitrogens with zero attached hydrogens (tertiary/aromatic N) is 1. The number of aliphatic imine (C=N–C) groups is 1. The highest BCUT2D eigenvalue weighted by Gasteiger charge is 2.24. The molecule has 0 atom stereocenters. The highest BCUT2D eigenvalue weighted by Crippen LogP contribution is 2.32. The maximum Gasteiger partial charge on any atom is 0.264 e. The predicted molar refractivity (Wildman–Crippen MR) is 108 cm³/mol. The van der Waals surface area contributed by atoms with Gasteiger partial charge in [-0.2, -0.15) is 0 Å². The van der Waals surface area contributed by atoms with Crippen molar-refractivity contribution in [3.8, 4) is 5.75 Å². The van der Waals surface area contributed by atoms with E-state index < -0.39 is 0 Å². The molecule has 128 valence electrons. The van der Waals surface area contributed by atoms with Crippen molar-refractivity contribution < 1.29 is 9.53 Å². The Labute approximate surface area is 155 Å². The Bertz CT molecular complexity index is 1050. The Balaban J connectivity index is 1.67. The standard InChI is InChI=1S/C21H16N2O2S/c1-25-18-12-5-3-8-15(18)13-19-20(24)23-21(26-19)22-17-11-6-9-14-7-2-4-10-16(14)17/h2-13H,1H3,(H,22,23,24)/b19-13-. The second-order valence-corrected chi connectivity index (χ2v) is 6.75. The number of amidine groups is 1. The van der Waals surface area contributed by atoms with Gasteiger partial charge in [0.25, 0.3) is 5.91 Å². The predicted octanol–water partition coefficient (Wildman–Crippen LogP) is 4.74. The van der Waals surface area contributed by atoms with Gasteiger partial charge in [0, 0.05) is 10.9 Å².